The number of aldehydes is 2. The lowest BCUT2D eigenvalue weighted by molar-refractivity contribution is 0.0977. The van der Waals surface area contributed by atoms with Crippen molar-refractivity contribution in [2.45, 2.75) is 6.42 Å². The third kappa shape index (κ3) is 2.59. The summed E-state index contributed by atoms with van der Waals surface area (Å²) < 4.78 is 0. The van der Waals surface area contributed by atoms with Gasteiger partial charge in [-0.2, -0.15) is 0 Å². The fraction of sp³-hybridized carbons (Fsp3) is 0.182. The van der Waals surface area contributed by atoms with E-state index in [1.807, 2.05) is 0 Å². The van der Waals surface area contributed by atoms with Crippen LogP contribution in [0.15, 0.2) is 18.2 Å². The highest BCUT2D eigenvalue weighted by atomic mass is 79.9. The van der Waals surface area contributed by atoms with Gasteiger partial charge < -0.3 is 0 Å². The fourth-order valence-electron chi connectivity index (χ4n) is 1.32. The summed E-state index contributed by atoms with van der Waals surface area (Å²) >= 11 is 3.14. The molecule has 0 aromatic heterocycles. The van der Waals surface area contributed by atoms with Crippen LogP contribution in [-0.2, 0) is 0 Å². The van der Waals surface area contributed by atoms with E-state index >= 15 is 0 Å². The molecule has 0 saturated heterocycles. The lowest BCUT2D eigenvalue weighted by Gasteiger charge is -2.05. The molecule has 0 aliphatic rings. The summed E-state index contributed by atoms with van der Waals surface area (Å²) in [7, 11) is 0. The fourth-order valence-corrected chi connectivity index (χ4v) is 1.68. The first kappa shape index (κ1) is 11.8. The summed E-state index contributed by atoms with van der Waals surface area (Å²) in [5.41, 5.74) is 0.762. The molecular formula is C11H9BrO3. The maximum Gasteiger partial charge on any atom is 0.165 e. The molecule has 78 valence electrons. The average Bonchev–Trinajstić information content (AvgIpc) is 2.28. The van der Waals surface area contributed by atoms with E-state index in [4.69, 9.17) is 0 Å². The monoisotopic (exact) mass is 268 g/mol. The Morgan fingerprint density at radius 3 is 2.13 bits per heavy atom. The van der Waals surface area contributed by atoms with Crippen molar-refractivity contribution in [1.29, 1.82) is 0 Å². The van der Waals surface area contributed by atoms with E-state index in [0.29, 0.717) is 17.9 Å². The molecule has 0 fully saturated rings. The zero-order valence-electron chi connectivity index (χ0n) is 7.90. The highest BCUT2D eigenvalue weighted by molar-refractivity contribution is 9.09. The van der Waals surface area contributed by atoms with Crippen LogP contribution in [0.4, 0.5) is 0 Å². The number of rotatable bonds is 5. The minimum atomic E-state index is -0.198. The van der Waals surface area contributed by atoms with Gasteiger partial charge in [0.1, 0.15) is 0 Å². The van der Waals surface area contributed by atoms with Crippen molar-refractivity contribution in [3.8, 4) is 0 Å². The number of ketones is 1. The number of benzene rings is 1. The molecule has 1 aromatic rings. The molecule has 0 atom stereocenters. The number of halogens is 1. The second-order valence-corrected chi connectivity index (χ2v) is 3.70. The van der Waals surface area contributed by atoms with Gasteiger partial charge in [0.2, 0.25) is 0 Å². The predicted molar refractivity (Wildman–Crippen MR) is 60.0 cm³/mol. The van der Waals surface area contributed by atoms with Crippen LogP contribution in [0.1, 0.15) is 37.5 Å². The van der Waals surface area contributed by atoms with Gasteiger partial charge >= 0.3 is 0 Å². The highest BCUT2D eigenvalue weighted by Crippen LogP contribution is 2.14. The number of carbonyl (C=O) groups is 3. The number of carbonyl (C=O) groups excluding carboxylic acids is 3. The smallest absolute Gasteiger partial charge is 0.165 e. The summed E-state index contributed by atoms with van der Waals surface area (Å²) in [6, 6.07) is 4.64. The molecule has 0 amide bonds. The average molecular weight is 269 g/mol. The molecule has 1 aromatic carbocycles. The Kier molecular flexibility index (Phi) is 4.37. The van der Waals surface area contributed by atoms with Gasteiger partial charge in [0.15, 0.2) is 18.4 Å². The van der Waals surface area contributed by atoms with E-state index < -0.39 is 0 Å². The second-order valence-electron chi connectivity index (χ2n) is 2.91. The van der Waals surface area contributed by atoms with Crippen molar-refractivity contribution in [3.63, 3.8) is 0 Å². The Balaban J connectivity index is 3.27. The van der Waals surface area contributed by atoms with Crippen molar-refractivity contribution in [3.05, 3.63) is 34.9 Å². The van der Waals surface area contributed by atoms with E-state index in [9.17, 15) is 14.4 Å². The lowest BCUT2D eigenvalue weighted by atomic mass is 9.97. The molecule has 0 saturated carbocycles. The maximum absolute atomic E-state index is 11.7. The summed E-state index contributed by atoms with van der Waals surface area (Å²) in [5, 5.41) is 0.511. The van der Waals surface area contributed by atoms with Gasteiger partial charge in [-0.15, -0.1) is 0 Å². The van der Waals surface area contributed by atoms with Gasteiger partial charge in [0.25, 0.3) is 0 Å². The number of Topliss-reactive ketones (excluding diaryl/α,β-unsaturated/α-hetero) is 1. The maximum atomic E-state index is 11.7. The normalized spacial score (nSPS) is 9.67. The third-order valence-corrected chi connectivity index (χ3v) is 2.38. The first-order chi connectivity index (χ1) is 7.24. The van der Waals surface area contributed by atoms with Crippen LogP contribution in [0.25, 0.3) is 0 Å². The molecule has 0 radical (unpaired) electrons. The molecule has 0 N–H and O–H groups in total. The first-order valence-electron chi connectivity index (χ1n) is 4.37. The Bertz CT molecular complexity index is 373. The number of alkyl halides is 1. The SMILES string of the molecule is O=Cc1cccc(C=O)c1C(=O)CCBr. The molecule has 0 aliphatic heterocycles. The third-order valence-electron chi connectivity index (χ3n) is 1.98. The van der Waals surface area contributed by atoms with Crippen LogP contribution in [0, 0.1) is 0 Å². The van der Waals surface area contributed by atoms with Crippen LogP contribution < -0.4 is 0 Å². The number of hydrogen-bond acceptors (Lipinski definition) is 3. The van der Waals surface area contributed by atoms with Gasteiger partial charge in [-0.05, 0) is 0 Å². The van der Waals surface area contributed by atoms with Crippen LogP contribution in [-0.4, -0.2) is 23.7 Å². The zero-order chi connectivity index (χ0) is 11.3. The van der Waals surface area contributed by atoms with Crippen LogP contribution >= 0.6 is 15.9 Å². The van der Waals surface area contributed by atoms with E-state index in [-0.39, 0.29) is 28.9 Å². The van der Waals surface area contributed by atoms with Crippen LogP contribution in [0.2, 0.25) is 0 Å². The van der Waals surface area contributed by atoms with E-state index in [1.54, 1.807) is 6.07 Å². The summed E-state index contributed by atoms with van der Waals surface area (Å²) in [5.74, 6) is -0.198. The summed E-state index contributed by atoms with van der Waals surface area (Å²) in [6.07, 6.45) is 1.45. The minimum absolute atomic E-state index is 0.198. The highest BCUT2D eigenvalue weighted by Gasteiger charge is 2.14. The molecule has 4 heteroatoms. The number of hydrogen-bond donors (Lipinski definition) is 0. The predicted octanol–water partition coefficient (Wildman–Crippen LogP) is 2.28. The molecule has 0 heterocycles. The zero-order valence-corrected chi connectivity index (χ0v) is 9.49. The van der Waals surface area contributed by atoms with E-state index in [2.05, 4.69) is 15.9 Å². The topological polar surface area (TPSA) is 51.2 Å². The molecule has 1 rings (SSSR count). The standard InChI is InChI=1S/C11H9BrO3/c12-5-4-10(15)11-8(6-13)2-1-3-9(11)7-14/h1-3,6-7H,4-5H2. The van der Waals surface area contributed by atoms with Gasteiger partial charge in [0, 0.05) is 28.4 Å². The molecule has 3 nitrogen and oxygen atoms in total. The largest absolute Gasteiger partial charge is 0.298 e. The molecular weight excluding hydrogens is 260 g/mol. The Hall–Kier alpha value is -1.29. The Labute approximate surface area is 95.6 Å². The Morgan fingerprint density at radius 2 is 1.73 bits per heavy atom. The van der Waals surface area contributed by atoms with Gasteiger partial charge in [-0.25, -0.2) is 0 Å². The lowest BCUT2D eigenvalue weighted by Crippen LogP contribution is -2.08. The first-order valence-corrected chi connectivity index (χ1v) is 5.49. The van der Waals surface area contributed by atoms with Gasteiger partial charge in [-0.1, -0.05) is 34.1 Å². The van der Waals surface area contributed by atoms with Crippen LogP contribution in [0.5, 0.6) is 0 Å². The van der Waals surface area contributed by atoms with Crippen molar-refractivity contribution in [1.82, 2.24) is 0 Å². The molecule has 0 unspecified atom stereocenters. The van der Waals surface area contributed by atoms with Crippen molar-refractivity contribution < 1.29 is 14.4 Å². The van der Waals surface area contributed by atoms with Crippen molar-refractivity contribution in [2.24, 2.45) is 0 Å². The molecule has 0 spiro atoms. The van der Waals surface area contributed by atoms with E-state index in [0.717, 1.165) is 0 Å². The Morgan fingerprint density at radius 1 is 1.20 bits per heavy atom. The van der Waals surface area contributed by atoms with Crippen LogP contribution in [0.3, 0.4) is 0 Å². The van der Waals surface area contributed by atoms with Gasteiger partial charge in [0.05, 0.1) is 0 Å². The molecule has 15 heavy (non-hydrogen) atoms. The summed E-state index contributed by atoms with van der Waals surface area (Å²) in [6.45, 7) is 0. The minimum Gasteiger partial charge on any atom is -0.298 e. The molecule has 0 aliphatic carbocycles. The summed E-state index contributed by atoms with van der Waals surface area (Å²) in [4.78, 5) is 33.1. The van der Waals surface area contributed by atoms with Crippen molar-refractivity contribution in [2.75, 3.05) is 5.33 Å². The quantitative estimate of drug-likeness (QED) is 0.468. The molecule has 0 bridgehead atoms. The second kappa shape index (κ2) is 5.56. The van der Waals surface area contributed by atoms with E-state index in [1.165, 1.54) is 12.1 Å². The van der Waals surface area contributed by atoms with Gasteiger partial charge in [-0.3, -0.25) is 14.4 Å². The van der Waals surface area contributed by atoms with Crippen molar-refractivity contribution >= 4 is 34.3 Å².